The molecule has 0 spiro atoms. The first-order chi connectivity index (χ1) is 11.0. The van der Waals surface area contributed by atoms with E-state index < -0.39 is 0 Å². The summed E-state index contributed by atoms with van der Waals surface area (Å²) in [4.78, 5) is 7.37. The topological polar surface area (TPSA) is 9.72 Å². The minimum Gasteiger partial charge on any atom is -0.305 e. The van der Waals surface area contributed by atoms with E-state index >= 15 is 0 Å². The highest BCUT2D eigenvalue weighted by atomic mass is 79.9. The van der Waals surface area contributed by atoms with E-state index in [0.717, 1.165) is 19.6 Å². The zero-order chi connectivity index (χ0) is 16.7. The lowest BCUT2D eigenvalue weighted by Crippen LogP contribution is -2.33. The normalized spacial score (nSPS) is 15.2. The van der Waals surface area contributed by atoms with Crippen LogP contribution in [-0.2, 0) is 6.54 Å². The first-order valence-corrected chi connectivity index (χ1v) is 9.33. The van der Waals surface area contributed by atoms with E-state index in [1.54, 1.807) is 0 Å². The smallest absolute Gasteiger partial charge is 0.0595 e. The molecule has 1 fully saturated rings. The molecule has 1 aromatic rings. The third kappa shape index (κ3) is 8.03. The van der Waals surface area contributed by atoms with Crippen molar-refractivity contribution in [2.45, 2.75) is 25.8 Å². The zero-order valence-corrected chi connectivity index (χ0v) is 18.0. The second-order valence-corrected chi connectivity index (χ2v) is 7.51. The van der Waals surface area contributed by atoms with Crippen molar-refractivity contribution in [1.29, 1.82) is 0 Å². The number of halogens is 3. The van der Waals surface area contributed by atoms with Gasteiger partial charge in [0.2, 0.25) is 0 Å². The lowest BCUT2D eigenvalue weighted by Gasteiger charge is -2.23. The number of hydrogen-bond donors (Lipinski definition) is 0. The van der Waals surface area contributed by atoms with Gasteiger partial charge < -0.3 is 14.7 Å². The van der Waals surface area contributed by atoms with Crippen molar-refractivity contribution >= 4 is 40.2 Å². The van der Waals surface area contributed by atoms with Gasteiger partial charge in [0.1, 0.15) is 0 Å². The van der Waals surface area contributed by atoms with Gasteiger partial charge in [-0.3, -0.25) is 0 Å². The molecule has 24 heavy (non-hydrogen) atoms. The van der Waals surface area contributed by atoms with Crippen LogP contribution in [0.15, 0.2) is 18.2 Å². The molecular formula is C18H30BrCl2N3. The summed E-state index contributed by atoms with van der Waals surface area (Å²) in [5.74, 6) is 0. The monoisotopic (exact) mass is 437 g/mol. The predicted molar refractivity (Wildman–Crippen MR) is 111 cm³/mol. The van der Waals surface area contributed by atoms with Gasteiger partial charge in [-0.15, -0.1) is 17.0 Å². The Kier molecular flexibility index (Phi) is 10.8. The average molecular weight is 439 g/mol. The van der Waals surface area contributed by atoms with Crippen molar-refractivity contribution in [3.8, 4) is 0 Å². The maximum absolute atomic E-state index is 6.07. The summed E-state index contributed by atoms with van der Waals surface area (Å²) in [6.07, 6.45) is 3.95. The van der Waals surface area contributed by atoms with Gasteiger partial charge in [0.25, 0.3) is 0 Å². The van der Waals surface area contributed by atoms with Crippen LogP contribution in [0.25, 0.3) is 0 Å². The van der Waals surface area contributed by atoms with E-state index in [-0.39, 0.29) is 17.0 Å². The lowest BCUT2D eigenvalue weighted by molar-refractivity contribution is 0.239. The lowest BCUT2D eigenvalue weighted by atomic mass is 10.2. The fraction of sp³-hybridized carbons (Fsp3) is 0.667. The van der Waals surface area contributed by atoms with Gasteiger partial charge in [-0.25, -0.2) is 0 Å². The van der Waals surface area contributed by atoms with Crippen molar-refractivity contribution in [3.05, 3.63) is 33.8 Å². The molecule has 0 N–H and O–H groups in total. The molecule has 0 atom stereocenters. The second-order valence-electron chi connectivity index (χ2n) is 6.69. The fourth-order valence-corrected chi connectivity index (χ4v) is 3.39. The molecule has 2 rings (SSSR count). The molecule has 6 heteroatoms. The molecule has 0 bridgehead atoms. The Balaban J connectivity index is 0.00000288. The van der Waals surface area contributed by atoms with Gasteiger partial charge in [0, 0.05) is 19.6 Å². The molecular weight excluding hydrogens is 409 g/mol. The van der Waals surface area contributed by atoms with Gasteiger partial charge in [-0.05, 0) is 77.2 Å². The van der Waals surface area contributed by atoms with Crippen molar-refractivity contribution in [3.63, 3.8) is 0 Å². The van der Waals surface area contributed by atoms with Gasteiger partial charge in [0.05, 0.1) is 10.0 Å². The average Bonchev–Trinajstić information content (AvgIpc) is 3.02. The molecule has 0 aromatic heterocycles. The van der Waals surface area contributed by atoms with E-state index in [1.165, 1.54) is 51.0 Å². The highest BCUT2D eigenvalue weighted by molar-refractivity contribution is 8.93. The van der Waals surface area contributed by atoms with Crippen LogP contribution in [0.4, 0.5) is 0 Å². The van der Waals surface area contributed by atoms with E-state index in [9.17, 15) is 0 Å². The maximum Gasteiger partial charge on any atom is 0.0595 e. The molecule has 0 radical (unpaired) electrons. The molecule has 3 nitrogen and oxygen atoms in total. The minimum atomic E-state index is 0. The van der Waals surface area contributed by atoms with Crippen LogP contribution in [0.2, 0.25) is 10.0 Å². The standard InChI is InChI=1S/C18H29Cl2N3.BrH/c1-21(12-13-23-10-3-4-11-23)8-5-9-22(2)15-16-6-7-17(19)18(20)14-16;/h6-7,14H,3-5,8-13,15H2,1-2H3;1H. The number of likely N-dealkylation sites (tertiary alicyclic amines) is 1. The summed E-state index contributed by atoms with van der Waals surface area (Å²) in [6.45, 7) is 8.13. The van der Waals surface area contributed by atoms with Gasteiger partial charge in [0.15, 0.2) is 0 Å². The Morgan fingerprint density at radius 2 is 1.62 bits per heavy atom. The number of rotatable bonds is 9. The summed E-state index contributed by atoms with van der Waals surface area (Å²) in [7, 11) is 4.39. The third-order valence-electron chi connectivity index (χ3n) is 4.51. The van der Waals surface area contributed by atoms with Gasteiger partial charge in [-0.1, -0.05) is 29.3 Å². The Hall–Kier alpha value is 0.160. The molecule has 0 saturated carbocycles. The molecule has 0 amide bonds. The zero-order valence-electron chi connectivity index (χ0n) is 14.8. The highest BCUT2D eigenvalue weighted by Gasteiger charge is 2.11. The predicted octanol–water partition coefficient (Wildman–Crippen LogP) is 4.42. The molecule has 0 unspecified atom stereocenters. The van der Waals surface area contributed by atoms with Crippen LogP contribution < -0.4 is 0 Å². The Morgan fingerprint density at radius 1 is 0.958 bits per heavy atom. The fourth-order valence-electron chi connectivity index (χ4n) is 3.07. The van der Waals surface area contributed by atoms with E-state index in [4.69, 9.17) is 23.2 Å². The molecule has 0 aliphatic carbocycles. The maximum atomic E-state index is 6.07. The number of nitrogens with zero attached hydrogens (tertiary/aromatic N) is 3. The van der Waals surface area contributed by atoms with Crippen LogP contribution in [0, 0.1) is 0 Å². The van der Waals surface area contributed by atoms with E-state index in [0.29, 0.717) is 10.0 Å². The Bertz CT molecular complexity index is 481. The van der Waals surface area contributed by atoms with Gasteiger partial charge >= 0.3 is 0 Å². The summed E-state index contributed by atoms with van der Waals surface area (Å²) < 4.78 is 0. The summed E-state index contributed by atoms with van der Waals surface area (Å²) >= 11 is 12.0. The summed E-state index contributed by atoms with van der Waals surface area (Å²) in [5, 5.41) is 1.26. The van der Waals surface area contributed by atoms with Crippen molar-refractivity contribution in [2.24, 2.45) is 0 Å². The van der Waals surface area contributed by atoms with Crippen LogP contribution >= 0.6 is 40.2 Å². The summed E-state index contributed by atoms with van der Waals surface area (Å²) in [6, 6.07) is 5.88. The second kappa shape index (κ2) is 11.7. The van der Waals surface area contributed by atoms with Crippen LogP contribution in [-0.4, -0.2) is 68.1 Å². The van der Waals surface area contributed by atoms with Crippen LogP contribution in [0.1, 0.15) is 24.8 Å². The molecule has 1 saturated heterocycles. The van der Waals surface area contributed by atoms with Crippen molar-refractivity contribution in [1.82, 2.24) is 14.7 Å². The summed E-state index contributed by atoms with van der Waals surface area (Å²) in [5.41, 5.74) is 1.21. The van der Waals surface area contributed by atoms with Crippen LogP contribution in [0.3, 0.4) is 0 Å². The molecule has 1 aliphatic heterocycles. The number of likely N-dealkylation sites (N-methyl/N-ethyl adjacent to an activating group) is 1. The Labute approximate surface area is 167 Å². The molecule has 138 valence electrons. The van der Waals surface area contributed by atoms with Crippen molar-refractivity contribution < 1.29 is 0 Å². The molecule has 1 aromatic carbocycles. The molecule has 1 heterocycles. The first kappa shape index (κ1) is 22.2. The number of benzene rings is 1. The quantitative estimate of drug-likeness (QED) is 0.564. The van der Waals surface area contributed by atoms with Crippen molar-refractivity contribution in [2.75, 3.05) is 53.4 Å². The minimum absolute atomic E-state index is 0. The molecule has 1 aliphatic rings. The van der Waals surface area contributed by atoms with E-state index in [2.05, 4.69) is 28.8 Å². The van der Waals surface area contributed by atoms with E-state index in [1.807, 2.05) is 18.2 Å². The third-order valence-corrected chi connectivity index (χ3v) is 5.25. The first-order valence-electron chi connectivity index (χ1n) is 8.58. The SMILES string of the molecule is Br.CN(CCCN(C)Cc1ccc(Cl)c(Cl)c1)CCN1CCCC1. The number of hydrogen-bond acceptors (Lipinski definition) is 3. The van der Waals surface area contributed by atoms with Gasteiger partial charge in [-0.2, -0.15) is 0 Å². The largest absolute Gasteiger partial charge is 0.305 e. The van der Waals surface area contributed by atoms with Crippen LogP contribution in [0.5, 0.6) is 0 Å². The Morgan fingerprint density at radius 3 is 2.29 bits per heavy atom. The highest BCUT2D eigenvalue weighted by Crippen LogP contribution is 2.23.